The van der Waals surface area contributed by atoms with Gasteiger partial charge in [0.05, 0.1) is 16.9 Å². The van der Waals surface area contributed by atoms with Crippen LogP contribution in [-0.4, -0.2) is 33.6 Å². The van der Waals surface area contributed by atoms with Gasteiger partial charge in [-0.1, -0.05) is 30.3 Å². The predicted octanol–water partition coefficient (Wildman–Crippen LogP) is 4.15. The molecule has 1 atom stereocenters. The van der Waals surface area contributed by atoms with E-state index in [0.29, 0.717) is 22.2 Å². The van der Waals surface area contributed by atoms with Gasteiger partial charge in [-0.05, 0) is 48.7 Å². The van der Waals surface area contributed by atoms with E-state index in [2.05, 4.69) is 26.3 Å². The number of rotatable bonds is 5. The van der Waals surface area contributed by atoms with Crippen LogP contribution in [0.15, 0.2) is 77.7 Å². The maximum atomic E-state index is 13.9. The van der Waals surface area contributed by atoms with Gasteiger partial charge in [-0.2, -0.15) is 4.98 Å². The van der Waals surface area contributed by atoms with Crippen LogP contribution < -0.4 is 21.5 Å². The average Bonchev–Trinajstić information content (AvgIpc) is 2.83. The van der Waals surface area contributed by atoms with E-state index in [1.54, 1.807) is 16.8 Å². The monoisotopic (exact) mass is 451 g/mol. The Morgan fingerprint density at radius 1 is 1.00 bits per heavy atom. The van der Waals surface area contributed by atoms with E-state index in [4.69, 9.17) is 5.73 Å². The van der Waals surface area contributed by atoms with Gasteiger partial charge in [-0.25, -0.2) is 4.98 Å². The smallest absolute Gasteiger partial charge is 0.265 e. The van der Waals surface area contributed by atoms with Crippen LogP contribution in [0.1, 0.15) is 18.7 Å². The molecule has 0 amide bonds. The fraction of sp³-hybridized carbons (Fsp3) is 0.154. The van der Waals surface area contributed by atoms with Gasteiger partial charge in [0.2, 0.25) is 5.95 Å². The first-order chi connectivity index (χ1) is 16.4. The maximum absolute atomic E-state index is 13.9. The Morgan fingerprint density at radius 3 is 2.56 bits per heavy atom. The standard InChI is InChI=1S/C26H25N7O/c1-16(29-24-23-19(12-8-14-28-23)30-26(27)31-24)21-15-17-9-7-13-20(32(2)3)22(17)25(34)33(21)18-10-5-4-6-11-18/h4-16H,1-3H3,(H3,27,29,30,31)/t16-/m0/s1. The maximum Gasteiger partial charge on any atom is 0.265 e. The minimum atomic E-state index is -0.292. The van der Waals surface area contributed by atoms with Crippen LogP contribution in [0.5, 0.6) is 0 Å². The fourth-order valence-electron chi connectivity index (χ4n) is 4.26. The number of fused-ring (bicyclic) bond motifs is 2. The van der Waals surface area contributed by atoms with Crippen LogP contribution in [0.25, 0.3) is 27.5 Å². The molecule has 8 heteroatoms. The van der Waals surface area contributed by atoms with Crippen LogP contribution >= 0.6 is 0 Å². The lowest BCUT2D eigenvalue weighted by molar-refractivity contribution is 0.774. The molecule has 0 aliphatic carbocycles. The average molecular weight is 452 g/mol. The molecular weight excluding hydrogens is 426 g/mol. The molecule has 3 aromatic heterocycles. The highest BCUT2D eigenvalue weighted by Crippen LogP contribution is 2.29. The SMILES string of the molecule is C[C@H](Nc1nc(N)nc2cccnc12)c1cc2cccc(N(C)C)c2c(=O)n1-c1ccccc1. The topological polar surface area (TPSA) is 102 Å². The Kier molecular flexibility index (Phi) is 5.33. The van der Waals surface area contributed by atoms with Crippen LogP contribution in [0.3, 0.4) is 0 Å². The lowest BCUT2D eigenvalue weighted by Gasteiger charge is -2.23. The molecule has 170 valence electrons. The van der Waals surface area contributed by atoms with Gasteiger partial charge in [-0.15, -0.1) is 0 Å². The summed E-state index contributed by atoms with van der Waals surface area (Å²) in [5, 5.41) is 4.96. The van der Waals surface area contributed by atoms with E-state index in [-0.39, 0.29) is 17.5 Å². The molecule has 5 rings (SSSR count). The van der Waals surface area contributed by atoms with Crippen LogP contribution in [0.2, 0.25) is 0 Å². The van der Waals surface area contributed by atoms with Crippen molar-refractivity contribution in [2.75, 3.05) is 30.0 Å². The normalized spacial score (nSPS) is 12.1. The molecule has 5 aromatic rings. The Balaban J connectivity index is 1.73. The molecule has 0 radical (unpaired) electrons. The highest BCUT2D eigenvalue weighted by atomic mass is 16.1. The molecule has 34 heavy (non-hydrogen) atoms. The number of hydrogen-bond acceptors (Lipinski definition) is 7. The Morgan fingerprint density at radius 2 is 1.79 bits per heavy atom. The van der Waals surface area contributed by atoms with Crippen molar-refractivity contribution in [2.24, 2.45) is 0 Å². The van der Waals surface area contributed by atoms with Crippen LogP contribution in [0.4, 0.5) is 17.5 Å². The summed E-state index contributed by atoms with van der Waals surface area (Å²) in [5.74, 6) is 0.676. The number of anilines is 3. The van der Waals surface area contributed by atoms with E-state index in [9.17, 15) is 4.79 Å². The number of nitrogens with two attached hydrogens (primary N) is 1. The largest absolute Gasteiger partial charge is 0.377 e. The summed E-state index contributed by atoms with van der Waals surface area (Å²) in [4.78, 5) is 29.0. The Bertz CT molecular complexity index is 1560. The highest BCUT2D eigenvalue weighted by Gasteiger charge is 2.20. The van der Waals surface area contributed by atoms with Crippen molar-refractivity contribution in [2.45, 2.75) is 13.0 Å². The second-order valence-corrected chi connectivity index (χ2v) is 8.35. The van der Waals surface area contributed by atoms with Gasteiger partial charge in [-0.3, -0.25) is 14.3 Å². The number of nitrogens with one attached hydrogen (secondary N) is 1. The first-order valence-corrected chi connectivity index (χ1v) is 11.0. The summed E-state index contributed by atoms with van der Waals surface area (Å²) in [7, 11) is 3.88. The summed E-state index contributed by atoms with van der Waals surface area (Å²) in [6.07, 6.45) is 1.69. The third kappa shape index (κ3) is 3.69. The minimum Gasteiger partial charge on any atom is -0.377 e. The summed E-state index contributed by atoms with van der Waals surface area (Å²) in [6.45, 7) is 1.99. The van der Waals surface area contributed by atoms with Crippen molar-refractivity contribution in [1.29, 1.82) is 0 Å². The summed E-state index contributed by atoms with van der Waals surface area (Å²) < 4.78 is 1.76. The van der Waals surface area contributed by atoms with Gasteiger partial charge in [0, 0.05) is 37.4 Å². The Hall–Kier alpha value is -4.46. The molecule has 0 aliphatic heterocycles. The number of hydrogen-bond donors (Lipinski definition) is 2. The first kappa shape index (κ1) is 21.4. The molecule has 0 spiro atoms. The molecule has 8 nitrogen and oxygen atoms in total. The molecular formula is C26H25N7O. The number of benzene rings is 2. The van der Waals surface area contributed by atoms with E-state index >= 15 is 0 Å². The van der Waals surface area contributed by atoms with Crippen molar-refractivity contribution in [1.82, 2.24) is 19.5 Å². The van der Waals surface area contributed by atoms with Gasteiger partial charge in [0.15, 0.2) is 5.82 Å². The van der Waals surface area contributed by atoms with E-state index in [1.165, 1.54) is 0 Å². The number of para-hydroxylation sites is 1. The van der Waals surface area contributed by atoms with Gasteiger partial charge in [0.1, 0.15) is 5.52 Å². The zero-order valence-corrected chi connectivity index (χ0v) is 19.2. The number of aromatic nitrogens is 4. The van der Waals surface area contributed by atoms with Crippen molar-refractivity contribution >= 4 is 39.3 Å². The molecule has 0 saturated carbocycles. The van der Waals surface area contributed by atoms with E-state index in [0.717, 1.165) is 22.5 Å². The summed E-state index contributed by atoms with van der Waals surface area (Å²) >= 11 is 0. The molecule has 3 N–H and O–H groups in total. The molecule has 0 unspecified atom stereocenters. The number of nitrogen functional groups attached to an aromatic ring is 1. The minimum absolute atomic E-state index is 0.0816. The number of nitrogens with zero attached hydrogens (tertiary/aromatic N) is 5. The lowest BCUT2D eigenvalue weighted by Crippen LogP contribution is -2.27. The van der Waals surface area contributed by atoms with Crippen LogP contribution in [-0.2, 0) is 0 Å². The molecule has 0 fully saturated rings. The van der Waals surface area contributed by atoms with E-state index < -0.39 is 0 Å². The lowest BCUT2D eigenvalue weighted by atomic mass is 10.1. The van der Waals surface area contributed by atoms with Crippen molar-refractivity contribution in [3.05, 3.63) is 89.0 Å². The fourth-order valence-corrected chi connectivity index (χ4v) is 4.26. The summed E-state index contributed by atoms with van der Waals surface area (Å²) in [6, 6.07) is 20.9. The molecule has 0 saturated heterocycles. The third-order valence-corrected chi connectivity index (χ3v) is 5.82. The van der Waals surface area contributed by atoms with Gasteiger partial charge in [0.25, 0.3) is 5.56 Å². The quantitative estimate of drug-likeness (QED) is 0.414. The molecule has 2 aromatic carbocycles. The van der Waals surface area contributed by atoms with Crippen molar-refractivity contribution < 1.29 is 0 Å². The van der Waals surface area contributed by atoms with Gasteiger partial charge < -0.3 is 16.0 Å². The van der Waals surface area contributed by atoms with Crippen LogP contribution in [0, 0.1) is 0 Å². The third-order valence-electron chi connectivity index (χ3n) is 5.82. The zero-order valence-electron chi connectivity index (χ0n) is 19.2. The zero-order chi connectivity index (χ0) is 23.8. The van der Waals surface area contributed by atoms with Crippen molar-refractivity contribution in [3.8, 4) is 5.69 Å². The first-order valence-electron chi connectivity index (χ1n) is 11.0. The second-order valence-electron chi connectivity index (χ2n) is 8.35. The molecule has 3 heterocycles. The second kappa shape index (κ2) is 8.47. The summed E-state index contributed by atoms with van der Waals surface area (Å²) in [5.41, 5.74) is 9.60. The molecule has 0 aliphatic rings. The molecule has 0 bridgehead atoms. The van der Waals surface area contributed by atoms with E-state index in [1.807, 2.05) is 80.5 Å². The van der Waals surface area contributed by atoms with Gasteiger partial charge >= 0.3 is 0 Å². The van der Waals surface area contributed by atoms with Crippen molar-refractivity contribution in [3.63, 3.8) is 0 Å². The Labute approximate surface area is 196 Å². The highest BCUT2D eigenvalue weighted by molar-refractivity contribution is 5.94. The predicted molar refractivity (Wildman–Crippen MR) is 138 cm³/mol. The number of pyridine rings is 2.